The maximum absolute atomic E-state index is 13.3. The number of pyridine rings is 1. The molecule has 1 aliphatic rings. The minimum absolute atomic E-state index is 0.0120. The van der Waals surface area contributed by atoms with Gasteiger partial charge in [0.25, 0.3) is 0 Å². The van der Waals surface area contributed by atoms with E-state index in [0.717, 1.165) is 24.4 Å². The monoisotopic (exact) mass is 415 g/mol. The first-order chi connectivity index (χ1) is 13.1. The second kappa shape index (κ2) is 7.75. The number of nitrogens with one attached hydrogen (secondary N) is 1. The minimum atomic E-state index is -4.57. The Morgan fingerprint density at radius 2 is 2.04 bits per heavy atom. The zero-order valence-corrected chi connectivity index (χ0v) is 15.0. The summed E-state index contributed by atoms with van der Waals surface area (Å²) >= 11 is 5.75. The predicted molar refractivity (Wildman–Crippen MR) is 93.0 cm³/mol. The highest BCUT2D eigenvalue weighted by Crippen LogP contribution is 2.30. The second-order valence-corrected chi connectivity index (χ2v) is 6.66. The van der Waals surface area contributed by atoms with Crippen LogP contribution < -0.4 is 10.2 Å². The number of rotatable bonds is 4. The summed E-state index contributed by atoms with van der Waals surface area (Å²) in [7, 11) is 0. The van der Waals surface area contributed by atoms with Crippen molar-refractivity contribution in [2.75, 3.05) is 11.4 Å². The van der Waals surface area contributed by atoms with Gasteiger partial charge in [-0.15, -0.1) is 0 Å². The highest BCUT2D eigenvalue weighted by atomic mass is 35.5. The van der Waals surface area contributed by atoms with Gasteiger partial charge in [0.15, 0.2) is 0 Å². The lowest BCUT2D eigenvalue weighted by atomic mass is 10.1. The Morgan fingerprint density at radius 3 is 2.64 bits per heavy atom. The number of anilines is 1. The van der Waals surface area contributed by atoms with Crippen LogP contribution in [0.5, 0.6) is 0 Å². The molecule has 28 heavy (non-hydrogen) atoms. The van der Waals surface area contributed by atoms with E-state index in [-0.39, 0.29) is 30.2 Å². The van der Waals surface area contributed by atoms with Crippen LogP contribution in [0.1, 0.15) is 17.7 Å². The van der Waals surface area contributed by atoms with Gasteiger partial charge < -0.3 is 10.2 Å². The van der Waals surface area contributed by atoms with Gasteiger partial charge in [-0.05, 0) is 42.3 Å². The smallest absolute Gasteiger partial charge is 0.351 e. The maximum atomic E-state index is 13.3. The van der Waals surface area contributed by atoms with Crippen LogP contribution in [0, 0.1) is 11.7 Å². The zero-order valence-electron chi connectivity index (χ0n) is 14.3. The van der Waals surface area contributed by atoms with Gasteiger partial charge in [0.1, 0.15) is 17.4 Å². The van der Waals surface area contributed by atoms with Crippen molar-refractivity contribution >= 4 is 29.1 Å². The highest BCUT2D eigenvalue weighted by molar-refractivity contribution is 6.30. The predicted octanol–water partition coefficient (Wildman–Crippen LogP) is 3.56. The van der Waals surface area contributed by atoms with E-state index in [0.29, 0.717) is 5.56 Å². The average molecular weight is 416 g/mol. The topological polar surface area (TPSA) is 62.3 Å². The molecule has 148 valence electrons. The summed E-state index contributed by atoms with van der Waals surface area (Å²) in [6.07, 6.45) is -3.42. The zero-order chi connectivity index (χ0) is 20.5. The van der Waals surface area contributed by atoms with Crippen molar-refractivity contribution in [2.24, 2.45) is 5.92 Å². The molecule has 0 saturated carbocycles. The van der Waals surface area contributed by atoms with E-state index in [1.807, 2.05) is 0 Å². The van der Waals surface area contributed by atoms with Crippen molar-refractivity contribution in [3.05, 3.63) is 58.6 Å². The normalized spacial score (nSPS) is 17.1. The molecule has 3 rings (SSSR count). The van der Waals surface area contributed by atoms with Crippen LogP contribution in [0.4, 0.5) is 23.2 Å². The third-order valence-corrected chi connectivity index (χ3v) is 4.48. The van der Waals surface area contributed by atoms with E-state index < -0.39 is 35.4 Å². The standard InChI is InChI=1S/C18H14ClF4N3O2/c19-11-5-10(6-12(20)7-11)8-25-16(27)14-3-4-26(17(14)28)13-1-2-15(24-9-13)18(21,22)23/h1-2,5-7,9,14H,3-4,8H2,(H,25,27). The molecule has 1 atom stereocenters. The molecule has 2 heterocycles. The van der Waals surface area contributed by atoms with Gasteiger partial charge in [-0.3, -0.25) is 9.59 Å². The Bertz CT molecular complexity index is 882. The van der Waals surface area contributed by atoms with Crippen LogP contribution in [-0.4, -0.2) is 23.3 Å². The van der Waals surface area contributed by atoms with Crippen LogP contribution in [0.3, 0.4) is 0 Å². The fraction of sp³-hybridized carbons (Fsp3) is 0.278. The van der Waals surface area contributed by atoms with E-state index in [2.05, 4.69) is 10.3 Å². The summed E-state index contributed by atoms with van der Waals surface area (Å²) in [6.45, 7) is 0.164. The molecule has 10 heteroatoms. The Hall–Kier alpha value is -2.68. The molecule has 0 bridgehead atoms. The quantitative estimate of drug-likeness (QED) is 0.613. The van der Waals surface area contributed by atoms with Crippen LogP contribution in [0.15, 0.2) is 36.5 Å². The van der Waals surface area contributed by atoms with E-state index in [9.17, 15) is 27.2 Å². The molecule has 2 aromatic rings. The van der Waals surface area contributed by atoms with Gasteiger partial charge in [0.2, 0.25) is 11.8 Å². The lowest BCUT2D eigenvalue weighted by Gasteiger charge is -2.17. The Labute approximate surface area is 162 Å². The number of alkyl halides is 3. The molecular weight excluding hydrogens is 402 g/mol. The summed E-state index contributed by atoms with van der Waals surface area (Å²) in [4.78, 5) is 29.3. The molecule has 1 aromatic carbocycles. The number of hydrogen-bond acceptors (Lipinski definition) is 3. The third kappa shape index (κ3) is 4.41. The van der Waals surface area contributed by atoms with Crippen molar-refractivity contribution in [2.45, 2.75) is 19.1 Å². The first-order valence-corrected chi connectivity index (χ1v) is 8.60. The Balaban J connectivity index is 1.63. The SMILES string of the molecule is O=C(NCc1cc(F)cc(Cl)c1)C1CCN(c2ccc(C(F)(F)F)nc2)C1=O. The first kappa shape index (κ1) is 20.1. The molecule has 1 saturated heterocycles. The first-order valence-electron chi connectivity index (χ1n) is 8.22. The molecule has 0 spiro atoms. The van der Waals surface area contributed by atoms with Gasteiger partial charge in [0, 0.05) is 18.1 Å². The lowest BCUT2D eigenvalue weighted by molar-refractivity contribution is -0.141. The number of aromatic nitrogens is 1. The van der Waals surface area contributed by atoms with Crippen molar-refractivity contribution in [1.82, 2.24) is 10.3 Å². The van der Waals surface area contributed by atoms with Crippen LogP contribution >= 0.6 is 11.6 Å². The third-order valence-electron chi connectivity index (χ3n) is 4.26. The van der Waals surface area contributed by atoms with Crippen LogP contribution in [-0.2, 0) is 22.3 Å². The molecule has 1 fully saturated rings. The molecule has 1 aliphatic heterocycles. The van der Waals surface area contributed by atoms with Crippen LogP contribution in [0.2, 0.25) is 5.02 Å². The van der Waals surface area contributed by atoms with Gasteiger partial charge in [-0.2, -0.15) is 13.2 Å². The molecule has 0 aliphatic carbocycles. The van der Waals surface area contributed by atoms with Crippen molar-refractivity contribution in [3.63, 3.8) is 0 Å². The van der Waals surface area contributed by atoms with Gasteiger partial charge in [-0.25, -0.2) is 9.37 Å². The second-order valence-electron chi connectivity index (χ2n) is 6.23. The maximum Gasteiger partial charge on any atom is 0.433 e. The van der Waals surface area contributed by atoms with Gasteiger partial charge in [0.05, 0.1) is 11.9 Å². The Morgan fingerprint density at radius 1 is 1.29 bits per heavy atom. The summed E-state index contributed by atoms with van der Waals surface area (Å²) in [5, 5.41) is 2.73. The van der Waals surface area contributed by atoms with Crippen LogP contribution in [0.25, 0.3) is 0 Å². The van der Waals surface area contributed by atoms with E-state index in [1.54, 1.807) is 0 Å². The summed E-state index contributed by atoms with van der Waals surface area (Å²) in [5.41, 5.74) is -0.441. The number of amides is 2. The Kier molecular flexibility index (Phi) is 5.55. The molecule has 1 N–H and O–H groups in total. The molecule has 2 amide bonds. The number of benzene rings is 1. The summed E-state index contributed by atoms with van der Waals surface area (Å²) in [6, 6.07) is 5.75. The van der Waals surface area contributed by atoms with E-state index in [1.165, 1.54) is 17.0 Å². The number of halogens is 5. The average Bonchev–Trinajstić information content (AvgIpc) is 3.00. The van der Waals surface area contributed by atoms with Gasteiger partial charge >= 0.3 is 6.18 Å². The number of hydrogen-bond donors (Lipinski definition) is 1. The summed E-state index contributed by atoms with van der Waals surface area (Å²) < 4.78 is 51.1. The number of nitrogens with zero attached hydrogens (tertiary/aromatic N) is 2. The highest BCUT2D eigenvalue weighted by Gasteiger charge is 2.38. The number of carbonyl (C=O) groups is 2. The van der Waals surface area contributed by atoms with E-state index in [4.69, 9.17) is 11.6 Å². The summed E-state index contributed by atoms with van der Waals surface area (Å²) in [5.74, 6) is -2.61. The fourth-order valence-electron chi connectivity index (χ4n) is 2.92. The minimum Gasteiger partial charge on any atom is -0.351 e. The fourth-order valence-corrected chi connectivity index (χ4v) is 3.16. The lowest BCUT2D eigenvalue weighted by Crippen LogP contribution is -2.36. The molecular formula is C18H14ClF4N3O2. The largest absolute Gasteiger partial charge is 0.433 e. The van der Waals surface area contributed by atoms with E-state index >= 15 is 0 Å². The van der Waals surface area contributed by atoms with Gasteiger partial charge in [-0.1, -0.05) is 11.6 Å². The molecule has 5 nitrogen and oxygen atoms in total. The van der Waals surface area contributed by atoms with Crippen molar-refractivity contribution in [1.29, 1.82) is 0 Å². The molecule has 1 unspecified atom stereocenters. The molecule has 0 radical (unpaired) electrons. The molecule has 1 aromatic heterocycles. The number of carbonyl (C=O) groups excluding carboxylic acids is 2. The van der Waals surface area contributed by atoms with Crippen molar-refractivity contribution in [3.8, 4) is 0 Å². The van der Waals surface area contributed by atoms with Crippen molar-refractivity contribution < 1.29 is 27.2 Å².